The molecular weight excluding hydrogens is 333 g/mol. The molecule has 0 spiro atoms. The Balaban J connectivity index is 2.40. The second-order valence-corrected chi connectivity index (χ2v) is 4.93. The molecule has 2 rings (SSSR count). The fraction of sp³-hybridized carbons (Fsp3) is 0.111. The van der Waals surface area contributed by atoms with Gasteiger partial charge in [0.05, 0.1) is 18.8 Å². The number of esters is 1. The quantitative estimate of drug-likeness (QED) is 0.270. The van der Waals surface area contributed by atoms with Crippen molar-refractivity contribution in [2.45, 2.75) is 0 Å². The molecule has 0 N–H and O–H groups in total. The van der Waals surface area contributed by atoms with E-state index in [4.69, 9.17) is 21.1 Å². The zero-order valence-corrected chi connectivity index (χ0v) is 13.5. The number of carbonyl (C=O) groups is 1. The van der Waals surface area contributed by atoms with Crippen LogP contribution in [0.1, 0.15) is 11.1 Å². The molecule has 6 heteroatoms. The molecule has 0 aliphatic rings. The summed E-state index contributed by atoms with van der Waals surface area (Å²) in [6.07, 6.45) is 1.52. The largest absolute Gasteiger partial charge is 0.493 e. The average Bonchev–Trinajstić information content (AvgIpc) is 2.61. The summed E-state index contributed by atoms with van der Waals surface area (Å²) in [6, 6.07) is 12.7. The van der Waals surface area contributed by atoms with E-state index in [0.717, 1.165) is 0 Å². The molecule has 0 saturated carbocycles. The number of nitrogens with zero attached hydrogens (tertiary/aromatic N) is 1. The van der Waals surface area contributed by atoms with E-state index in [1.54, 1.807) is 24.3 Å². The number of methoxy groups -OCH3 is 1. The molecule has 0 heterocycles. The first kappa shape index (κ1) is 17.5. The second kappa shape index (κ2) is 8.14. The number of hydrogen-bond donors (Lipinski definition) is 0. The zero-order chi connectivity index (χ0) is 17.5. The second-order valence-electron chi connectivity index (χ2n) is 4.67. The molecule has 0 aromatic heterocycles. The molecule has 0 aliphatic carbocycles. The summed E-state index contributed by atoms with van der Waals surface area (Å²) < 4.78 is 24.0. The SMILES string of the molecule is COc1cc(/C=C(/C#N)c2ccccc2F)ccc1OC(=O)CCl. The highest BCUT2D eigenvalue weighted by molar-refractivity contribution is 6.26. The van der Waals surface area contributed by atoms with Crippen LogP contribution in [0.15, 0.2) is 42.5 Å². The summed E-state index contributed by atoms with van der Waals surface area (Å²) in [5.74, 6) is -0.860. The van der Waals surface area contributed by atoms with Crippen molar-refractivity contribution in [3.05, 3.63) is 59.4 Å². The molecule has 0 atom stereocenters. The summed E-state index contributed by atoms with van der Waals surface area (Å²) in [4.78, 5) is 11.3. The smallest absolute Gasteiger partial charge is 0.326 e. The van der Waals surface area contributed by atoms with Crippen molar-refractivity contribution in [1.82, 2.24) is 0 Å². The van der Waals surface area contributed by atoms with Crippen LogP contribution in [-0.2, 0) is 4.79 Å². The lowest BCUT2D eigenvalue weighted by Gasteiger charge is -2.09. The van der Waals surface area contributed by atoms with Crippen LogP contribution < -0.4 is 9.47 Å². The van der Waals surface area contributed by atoms with Crippen LogP contribution in [0.4, 0.5) is 4.39 Å². The van der Waals surface area contributed by atoms with Gasteiger partial charge in [-0.3, -0.25) is 4.79 Å². The van der Waals surface area contributed by atoms with Crippen molar-refractivity contribution >= 4 is 29.2 Å². The van der Waals surface area contributed by atoms with Gasteiger partial charge in [0.1, 0.15) is 11.7 Å². The van der Waals surface area contributed by atoms with Gasteiger partial charge in [-0.1, -0.05) is 24.3 Å². The first-order valence-electron chi connectivity index (χ1n) is 6.90. The first-order chi connectivity index (χ1) is 11.6. The maximum Gasteiger partial charge on any atom is 0.326 e. The molecule has 0 bridgehead atoms. The summed E-state index contributed by atoms with van der Waals surface area (Å²) in [7, 11) is 1.42. The standard InChI is InChI=1S/C18H13ClFNO3/c1-23-17-9-12(6-7-16(17)24-18(22)10-19)8-13(11-21)14-4-2-3-5-15(14)20/h2-9H,10H2,1H3/b13-8-. The van der Waals surface area contributed by atoms with Crippen LogP contribution in [0.3, 0.4) is 0 Å². The topological polar surface area (TPSA) is 59.3 Å². The van der Waals surface area contributed by atoms with E-state index >= 15 is 0 Å². The highest BCUT2D eigenvalue weighted by Gasteiger charge is 2.11. The molecule has 2 aromatic carbocycles. The summed E-state index contributed by atoms with van der Waals surface area (Å²) in [5.41, 5.74) is 0.967. The zero-order valence-electron chi connectivity index (χ0n) is 12.8. The summed E-state index contributed by atoms with van der Waals surface area (Å²) in [5, 5.41) is 9.30. The predicted molar refractivity (Wildman–Crippen MR) is 89.2 cm³/mol. The van der Waals surface area contributed by atoms with Crippen molar-refractivity contribution in [1.29, 1.82) is 5.26 Å². The molecule has 0 unspecified atom stereocenters. The lowest BCUT2D eigenvalue weighted by Crippen LogP contribution is -2.09. The summed E-state index contributed by atoms with van der Waals surface area (Å²) in [6.45, 7) is 0. The number of ether oxygens (including phenoxy) is 2. The van der Waals surface area contributed by atoms with Crippen molar-refractivity contribution in [3.63, 3.8) is 0 Å². The Hall–Kier alpha value is -2.84. The van der Waals surface area contributed by atoms with E-state index in [-0.39, 0.29) is 22.8 Å². The van der Waals surface area contributed by atoms with Gasteiger partial charge in [-0.05, 0) is 29.8 Å². The maximum atomic E-state index is 13.8. The third-order valence-corrected chi connectivity index (χ3v) is 3.33. The third-order valence-electron chi connectivity index (χ3n) is 3.12. The number of hydrogen-bond acceptors (Lipinski definition) is 4. The lowest BCUT2D eigenvalue weighted by atomic mass is 10.0. The average molecular weight is 346 g/mol. The molecule has 122 valence electrons. The van der Waals surface area contributed by atoms with Crippen molar-refractivity contribution in [2.75, 3.05) is 13.0 Å². The normalized spacial score (nSPS) is 10.8. The van der Waals surface area contributed by atoms with E-state index < -0.39 is 11.8 Å². The minimum atomic E-state index is -0.609. The van der Waals surface area contributed by atoms with Crippen LogP contribution >= 0.6 is 11.6 Å². The van der Waals surface area contributed by atoms with Crippen LogP contribution in [0.25, 0.3) is 11.6 Å². The van der Waals surface area contributed by atoms with Gasteiger partial charge in [0, 0.05) is 5.56 Å². The van der Waals surface area contributed by atoms with Gasteiger partial charge >= 0.3 is 5.97 Å². The van der Waals surface area contributed by atoms with Crippen molar-refractivity contribution in [2.24, 2.45) is 0 Å². The Bertz CT molecular complexity index is 827. The lowest BCUT2D eigenvalue weighted by molar-refractivity contribution is -0.131. The number of carbonyl (C=O) groups excluding carboxylic acids is 1. The van der Waals surface area contributed by atoms with Gasteiger partial charge in [0.15, 0.2) is 11.5 Å². The van der Waals surface area contributed by atoms with Gasteiger partial charge in [0.2, 0.25) is 0 Å². The number of nitriles is 1. The molecule has 0 radical (unpaired) electrons. The molecule has 24 heavy (non-hydrogen) atoms. The summed E-state index contributed by atoms with van der Waals surface area (Å²) >= 11 is 5.40. The molecule has 0 saturated heterocycles. The van der Waals surface area contributed by atoms with Gasteiger partial charge < -0.3 is 9.47 Å². The minimum absolute atomic E-state index is 0.167. The highest BCUT2D eigenvalue weighted by Crippen LogP contribution is 2.30. The Morgan fingerprint density at radius 2 is 2.04 bits per heavy atom. The molecule has 0 aliphatic heterocycles. The van der Waals surface area contributed by atoms with Crippen molar-refractivity contribution in [3.8, 4) is 17.6 Å². The molecule has 4 nitrogen and oxygen atoms in total. The van der Waals surface area contributed by atoms with Crippen molar-refractivity contribution < 1.29 is 18.7 Å². The van der Waals surface area contributed by atoms with E-state index in [1.807, 2.05) is 6.07 Å². The Morgan fingerprint density at radius 3 is 2.67 bits per heavy atom. The maximum absolute atomic E-state index is 13.8. The molecule has 0 amide bonds. The predicted octanol–water partition coefficient (Wildman–Crippen LogP) is 4.04. The van der Waals surface area contributed by atoms with Gasteiger partial charge in [0.25, 0.3) is 0 Å². The minimum Gasteiger partial charge on any atom is -0.493 e. The number of allylic oxidation sites excluding steroid dienone is 1. The first-order valence-corrected chi connectivity index (χ1v) is 7.44. The Morgan fingerprint density at radius 1 is 1.29 bits per heavy atom. The van der Waals surface area contributed by atoms with E-state index in [0.29, 0.717) is 11.3 Å². The number of rotatable bonds is 5. The van der Waals surface area contributed by atoms with E-state index in [2.05, 4.69) is 0 Å². The van der Waals surface area contributed by atoms with E-state index in [1.165, 1.54) is 31.4 Å². The Kier molecular flexibility index (Phi) is 5.94. The van der Waals surface area contributed by atoms with Crippen LogP contribution in [-0.4, -0.2) is 19.0 Å². The van der Waals surface area contributed by atoms with Crippen LogP contribution in [0.5, 0.6) is 11.5 Å². The molecule has 2 aromatic rings. The monoisotopic (exact) mass is 345 g/mol. The molecular formula is C18H13ClFNO3. The molecule has 0 fully saturated rings. The van der Waals surface area contributed by atoms with Gasteiger partial charge in [-0.2, -0.15) is 5.26 Å². The van der Waals surface area contributed by atoms with Gasteiger partial charge in [-0.25, -0.2) is 4.39 Å². The number of halogens is 2. The van der Waals surface area contributed by atoms with Crippen LogP contribution in [0.2, 0.25) is 0 Å². The van der Waals surface area contributed by atoms with E-state index in [9.17, 15) is 14.4 Å². The Labute approximate surface area is 143 Å². The van der Waals surface area contributed by atoms with Gasteiger partial charge in [-0.15, -0.1) is 11.6 Å². The van der Waals surface area contributed by atoms with Crippen LogP contribution in [0, 0.1) is 17.1 Å². The number of benzene rings is 2. The fourth-order valence-corrected chi connectivity index (χ4v) is 2.08. The highest BCUT2D eigenvalue weighted by atomic mass is 35.5. The fourth-order valence-electron chi connectivity index (χ4n) is 2.02. The third kappa shape index (κ3) is 4.12. The number of alkyl halides is 1.